The van der Waals surface area contributed by atoms with Gasteiger partial charge in [-0.2, -0.15) is 0 Å². The molecule has 1 N–H and O–H groups in total. The molecule has 2 aromatic heterocycles. The standard InChI is InChI=1S/C28H28N6O3/c1-33(2)15-5-7-25(35)34-16-17-36-27-24(34)13-12-23-26(27)28(31-19-30-23)32-20-8-10-22(11-9-20)37-18-21-6-3-4-14-29-21/h3-14,19H,15-18H2,1-2H3,(H,30,31,32)/b7-5+. The minimum absolute atomic E-state index is 0.0848. The van der Waals surface area contributed by atoms with Crippen molar-refractivity contribution in [1.29, 1.82) is 0 Å². The van der Waals surface area contributed by atoms with E-state index < -0.39 is 0 Å². The Labute approximate surface area is 215 Å². The Balaban J connectivity index is 1.37. The maximum Gasteiger partial charge on any atom is 0.250 e. The lowest BCUT2D eigenvalue weighted by atomic mass is 10.1. The van der Waals surface area contributed by atoms with E-state index in [4.69, 9.17) is 9.47 Å². The maximum atomic E-state index is 12.9. The predicted octanol–water partition coefficient (Wildman–Crippen LogP) is 4.19. The second-order valence-electron chi connectivity index (χ2n) is 8.79. The van der Waals surface area contributed by atoms with Gasteiger partial charge in [0.2, 0.25) is 0 Å². The van der Waals surface area contributed by atoms with E-state index in [0.29, 0.717) is 43.6 Å². The first kappa shape index (κ1) is 24.2. The number of pyridine rings is 1. The first-order valence-electron chi connectivity index (χ1n) is 12.0. The molecule has 0 radical (unpaired) electrons. The zero-order valence-electron chi connectivity index (χ0n) is 20.8. The quantitative estimate of drug-likeness (QED) is 0.363. The van der Waals surface area contributed by atoms with Crippen LogP contribution in [-0.2, 0) is 11.4 Å². The molecule has 1 amide bonds. The van der Waals surface area contributed by atoms with E-state index in [2.05, 4.69) is 20.3 Å². The highest BCUT2D eigenvalue weighted by atomic mass is 16.5. The van der Waals surface area contributed by atoms with Crippen molar-refractivity contribution in [1.82, 2.24) is 19.9 Å². The third kappa shape index (κ3) is 5.68. The summed E-state index contributed by atoms with van der Waals surface area (Å²) in [5.74, 6) is 1.84. The second-order valence-corrected chi connectivity index (χ2v) is 8.79. The third-order valence-electron chi connectivity index (χ3n) is 5.81. The molecule has 0 aliphatic carbocycles. The van der Waals surface area contributed by atoms with Gasteiger partial charge in [-0.05, 0) is 62.6 Å². The van der Waals surface area contributed by atoms with Crippen LogP contribution >= 0.6 is 0 Å². The molecular formula is C28H28N6O3. The molecule has 2 aromatic carbocycles. The molecule has 3 heterocycles. The summed E-state index contributed by atoms with van der Waals surface area (Å²) < 4.78 is 11.9. The summed E-state index contributed by atoms with van der Waals surface area (Å²) in [5.41, 5.74) is 3.12. The van der Waals surface area contributed by atoms with Crippen LogP contribution in [0.2, 0.25) is 0 Å². The lowest BCUT2D eigenvalue weighted by Crippen LogP contribution is -2.37. The summed E-state index contributed by atoms with van der Waals surface area (Å²) in [7, 11) is 3.92. The monoisotopic (exact) mass is 496 g/mol. The Kier molecular flexibility index (Phi) is 7.23. The number of hydrogen-bond donors (Lipinski definition) is 1. The van der Waals surface area contributed by atoms with Crippen LogP contribution in [0.5, 0.6) is 11.5 Å². The topological polar surface area (TPSA) is 92.7 Å². The number of carbonyl (C=O) groups is 1. The fourth-order valence-electron chi connectivity index (χ4n) is 4.02. The number of anilines is 3. The number of ether oxygens (including phenoxy) is 2. The van der Waals surface area contributed by atoms with Gasteiger partial charge in [0.25, 0.3) is 5.91 Å². The Morgan fingerprint density at radius 3 is 2.76 bits per heavy atom. The molecule has 188 valence electrons. The Morgan fingerprint density at radius 2 is 1.97 bits per heavy atom. The number of likely N-dealkylation sites (N-methyl/N-ethyl adjacent to an activating group) is 1. The van der Waals surface area contributed by atoms with Gasteiger partial charge in [0.15, 0.2) is 5.75 Å². The zero-order valence-corrected chi connectivity index (χ0v) is 20.8. The minimum Gasteiger partial charge on any atom is -0.489 e. The van der Waals surface area contributed by atoms with Crippen molar-refractivity contribution in [3.63, 3.8) is 0 Å². The predicted molar refractivity (Wildman–Crippen MR) is 143 cm³/mol. The van der Waals surface area contributed by atoms with Crippen LogP contribution in [0.4, 0.5) is 17.2 Å². The minimum atomic E-state index is -0.0848. The van der Waals surface area contributed by atoms with Gasteiger partial charge in [0.1, 0.15) is 31.1 Å². The van der Waals surface area contributed by atoms with E-state index in [-0.39, 0.29) is 5.91 Å². The number of fused-ring (bicyclic) bond motifs is 3. The molecule has 1 aliphatic rings. The van der Waals surface area contributed by atoms with Crippen LogP contribution < -0.4 is 19.7 Å². The van der Waals surface area contributed by atoms with Gasteiger partial charge >= 0.3 is 0 Å². The molecular weight excluding hydrogens is 468 g/mol. The van der Waals surface area contributed by atoms with E-state index >= 15 is 0 Å². The number of hydrogen-bond acceptors (Lipinski definition) is 8. The summed E-state index contributed by atoms with van der Waals surface area (Å²) >= 11 is 0. The highest BCUT2D eigenvalue weighted by molar-refractivity contribution is 6.07. The molecule has 1 aliphatic heterocycles. The summed E-state index contributed by atoms with van der Waals surface area (Å²) in [6.07, 6.45) is 6.73. The maximum absolute atomic E-state index is 12.9. The highest BCUT2D eigenvalue weighted by Gasteiger charge is 2.26. The van der Waals surface area contributed by atoms with Gasteiger partial charge in [-0.15, -0.1) is 0 Å². The van der Waals surface area contributed by atoms with Crippen LogP contribution in [0.25, 0.3) is 10.9 Å². The summed E-state index contributed by atoms with van der Waals surface area (Å²) in [4.78, 5) is 29.8. The number of amides is 1. The molecule has 9 nitrogen and oxygen atoms in total. The molecule has 9 heteroatoms. The van der Waals surface area contributed by atoms with Crippen molar-refractivity contribution in [3.8, 4) is 11.5 Å². The fourth-order valence-corrected chi connectivity index (χ4v) is 4.02. The first-order chi connectivity index (χ1) is 18.1. The second kappa shape index (κ2) is 11.0. The van der Waals surface area contributed by atoms with Crippen LogP contribution in [0, 0.1) is 0 Å². The average Bonchev–Trinajstić information content (AvgIpc) is 2.92. The Bertz CT molecular complexity index is 1410. The van der Waals surface area contributed by atoms with Crippen molar-refractivity contribution in [2.75, 3.05) is 44.0 Å². The fraction of sp³-hybridized carbons (Fsp3) is 0.214. The van der Waals surface area contributed by atoms with Crippen molar-refractivity contribution in [3.05, 3.63) is 85.0 Å². The van der Waals surface area contributed by atoms with Crippen molar-refractivity contribution in [2.24, 2.45) is 0 Å². The van der Waals surface area contributed by atoms with E-state index in [9.17, 15) is 4.79 Å². The van der Waals surface area contributed by atoms with Crippen LogP contribution in [0.3, 0.4) is 0 Å². The average molecular weight is 497 g/mol. The molecule has 37 heavy (non-hydrogen) atoms. The highest BCUT2D eigenvalue weighted by Crippen LogP contribution is 2.41. The smallest absolute Gasteiger partial charge is 0.250 e. The first-order valence-corrected chi connectivity index (χ1v) is 12.0. The summed E-state index contributed by atoms with van der Waals surface area (Å²) in [6.45, 7) is 1.94. The normalized spacial score (nSPS) is 13.0. The summed E-state index contributed by atoms with van der Waals surface area (Å²) in [5, 5.41) is 4.09. The van der Waals surface area contributed by atoms with E-state index in [1.54, 1.807) is 17.2 Å². The van der Waals surface area contributed by atoms with Crippen molar-refractivity contribution < 1.29 is 14.3 Å². The van der Waals surface area contributed by atoms with Crippen LogP contribution in [0.1, 0.15) is 5.69 Å². The zero-order chi connectivity index (χ0) is 25.6. The van der Waals surface area contributed by atoms with Gasteiger partial charge < -0.3 is 24.6 Å². The van der Waals surface area contributed by atoms with Crippen molar-refractivity contribution >= 4 is 34.0 Å². The van der Waals surface area contributed by atoms with Crippen LogP contribution in [0.15, 0.2) is 79.3 Å². The number of aromatic nitrogens is 3. The van der Waals surface area contributed by atoms with Gasteiger partial charge in [0, 0.05) is 24.5 Å². The van der Waals surface area contributed by atoms with Gasteiger partial charge in [-0.3, -0.25) is 9.78 Å². The van der Waals surface area contributed by atoms with Gasteiger partial charge in [-0.25, -0.2) is 9.97 Å². The van der Waals surface area contributed by atoms with Gasteiger partial charge in [-0.1, -0.05) is 12.1 Å². The molecule has 0 unspecified atom stereocenters. The molecule has 4 aromatic rings. The SMILES string of the molecule is CN(C)C/C=C/C(=O)N1CCOc2c1ccc1ncnc(Nc3ccc(OCc4ccccn4)cc3)c21. The molecule has 0 saturated carbocycles. The number of benzene rings is 2. The molecule has 0 fully saturated rings. The lowest BCUT2D eigenvalue weighted by molar-refractivity contribution is -0.114. The Hall–Kier alpha value is -4.50. The largest absolute Gasteiger partial charge is 0.489 e. The summed E-state index contributed by atoms with van der Waals surface area (Å²) in [6, 6.07) is 17.1. The number of nitrogens with zero attached hydrogens (tertiary/aromatic N) is 5. The Morgan fingerprint density at radius 1 is 1.11 bits per heavy atom. The molecule has 0 spiro atoms. The molecule has 0 saturated heterocycles. The lowest BCUT2D eigenvalue weighted by Gasteiger charge is -2.30. The number of rotatable bonds is 8. The number of nitrogens with one attached hydrogen (secondary N) is 1. The third-order valence-corrected chi connectivity index (χ3v) is 5.81. The van der Waals surface area contributed by atoms with E-state index in [1.165, 1.54) is 6.33 Å². The van der Waals surface area contributed by atoms with Gasteiger partial charge in [0.05, 0.1) is 28.8 Å². The van der Waals surface area contributed by atoms with Crippen molar-refractivity contribution in [2.45, 2.75) is 6.61 Å². The number of carbonyl (C=O) groups excluding carboxylic acids is 1. The molecule has 0 atom stereocenters. The van der Waals surface area contributed by atoms with E-state index in [0.717, 1.165) is 28.0 Å². The molecule has 5 rings (SSSR count). The van der Waals surface area contributed by atoms with E-state index in [1.807, 2.05) is 79.7 Å². The van der Waals surface area contributed by atoms with Crippen LogP contribution in [-0.4, -0.2) is 59.6 Å². The molecule has 0 bridgehead atoms.